The highest BCUT2D eigenvalue weighted by Crippen LogP contribution is 2.09. The second kappa shape index (κ2) is 11.9. The molecule has 2 amide bonds. The van der Waals surface area contributed by atoms with Crippen LogP contribution in [0.15, 0.2) is 12.7 Å². The molecular weight excluding hydrogens is 242 g/mol. The molecule has 0 heterocycles. The highest BCUT2D eigenvalue weighted by atomic mass is 16.7. The van der Waals surface area contributed by atoms with Gasteiger partial charge in [-0.2, -0.15) is 5.06 Å². The van der Waals surface area contributed by atoms with Crippen molar-refractivity contribution in [2.75, 3.05) is 6.61 Å². The lowest BCUT2D eigenvalue weighted by atomic mass is 10.1. The van der Waals surface area contributed by atoms with Crippen molar-refractivity contribution in [1.82, 2.24) is 5.06 Å². The van der Waals surface area contributed by atoms with Gasteiger partial charge in [0.1, 0.15) is 0 Å². The van der Waals surface area contributed by atoms with Gasteiger partial charge >= 0.3 is 0 Å². The van der Waals surface area contributed by atoms with E-state index in [9.17, 15) is 9.59 Å². The molecule has 0 aliphatic heterocycles. The van der Waals surface area contributed by atoms with Gasteiger partial charge in [-0.25, -0.2) is 0 Å². The summed E-state index contributed by atoms with van der Waals surface area (Å²) in [7, 11) is 0. The number of amides is 2. The maximum absolute atomic E-state index is 11.8. The van der Waals surface area contributed by atoms with E-state index in [1.165, 1.54) is 38.7 Å². The maximum atomic E-state index is 11.8. The molecule has 0 aromatic heterocycles. The highest BCUT2D eigenvalue weighted by Gasteiger charge is 2.17. The summed E-state index contributed by atoms with van der Waals surface area (Å²) in [6.45, 7) is 7.17. The zero-order chi connectivity index (χ0) is 14.5. The van der Waals surface area contributed by atoms with E-state index in [-0.39, 0.29) is 18.4 Å². The molecule has 4 nitrogen and oxygen atoms in total. The molecule has 0 atom stereocenters. The van der Waals surface area contributed by atoms with Crippen LogP contribution in [-0.2, 0) is 14.4 Å². The topological polar surface area (TPSA) is 46.6 Å². The Kier molecular flexibility index (Phi) is 11.2. The fraction of sp³-hybridized carbons (Fsp3) is 0.733. The van der Waals surface area contributed by atoms with Crippen molar-refractivity contribution in [3.8, 4) is 0 Å². The Balaban J connectivity index is 3.74. The predicted octanol–water partition coefficient (Wildman–Crippen LogP) is 3.62. The highest BCUT2D eigenvalue weighted by molar-refractivity contribution is 5.92. The number of carbonyl (C=O) groups is 2. The van der Waals surface area contributed by atoms with Crippen molar-refractivity contribution in [2.45, 2.75) is 65.2 Å². The number of rotatable bonds is 11. The molecule has 0 rings (SSSR count). The summed E-state index contributed by atoms with van der Waals surface area (Å²) in [5.41, 5.74) is 0. The van der Waals surface area contributed by atoms with Gasteiger partial charge in [-0.1, -0.05) is 51.5 Å². The average molecular weight is 269 g/mol. The van der Waals surface area contributed by atoms with Gasteiger partial charge in [-0.15, -0.1) is 6.58 Å². The molecule has 0 aromatic rings. The molecule has 0 aromatic carbocycles. The second-order valence-corrected chi connectivity index (χ2v) is 4.66. The van der Waals surface area contributed by atoms with Crippen molar-refractivity contribution in [2.24, 2.45) is 0 Å². The fourth-order valence-corrected chi connectivity index (χ4v) is 1.80. The normalized spacial score (nSPS) is 10.2. The van der Waals surface area contributed by atoms with Gasteiger partial charge in [0.15, 0.2) is 0 Å². The van der Waals surface area contributed by atoms with Crippen LogP contribution in [0.2, 0.25) is 0 Å². The molecule has 0 spiro atoms. The van der Waals surface area contributed by atoms with Crippen LogP contribution in [0, 0.1) is 0 Å². The Morgan fingerprint density at radius 3 is 2.21 bits per heavy atom. The van der Waals surface area contributed by atoms with Crippen LogP contribution in [-0.4, -0.2) is 23.5 Å². The monoisotopic (exact) mass is 269 g/mol. The Hall–Kier alpha value is -1.16. The lowest BCUT2D eigenvalue weighted by molar-refractivity contribution is -0.190. The first-order valence-corrected chi connectivity index (χ1v) is 7.20. The summed E-state index contributed by atoms with van der Waals surface area (Å²) >= 11 is 0. The lowest BCUT2D eigenvalue weighted by Crippen LogP contribution is -2.35. The molecule has 0 saturated heterocycles. The number of hydrogen-bond donors (Lipinski definition) is 0. The molecule has 0 aliphatic carbocycles. The molecule has 4 heteroatoms. The van der Waals surface area contributed by atoms with Crippen LogP contribution in [0.3, 0.4) is 0 Å². The minimum absolute atomic E-state index is 0.169. The van der Waals surface area contributed by atoms with Gasteiger partial charge in [-0.3, -0.25) is 14.4 Å². The molecular formula is C15H27NO3. The van der Waals surface area contributed by atoms with E-state index in [0.717, 1.165) is 24.3 Å². The molecule has 0 unspecified atom stereocenters. The Bertz CT molecular complexity index is 277. The van der Waals surface area contributed by atoms with Crippen molar-refractivity contribution >= 4 is 11.8 Å². The summed E-state index contributed by atoms with van der Waals surface area (Å²) in [6, 6.07) is 0. The van der Waals surface area contributed by atoms with Gasteiger partial charge in [0.25, 0.3) is 5.91 Å². The average Bonchev–Trinajstić information content (AvgIpc) is 2.37. The van der Waals surface area contributed by atoms with Crippen LogP contribution in [0.1, 0.15) is 65.2 Å². The smallest absolute Gasteiger partial charge is 0.253 e. The number of hydroxylamine groups is 2. The largest absolute Gasteiger partial charge is 0.272 e. The summed E-state index contributed by atoms with van der Waals surface area (Å²) in [5, 5.41) is 0.846. The minimum atomic E-state index is -0.380. The van der Waals surface area contributed by atoms with E-state index in [1.54, 1.807) is 0 Å². The van der Waals surface area contributed by atoms with E-state index in [0.29, 0.717) is 6.42 Å². The van der Waals surface area contributed by atoms with Gasteiger partial charge in [0.05, 0.1) is 6.61 Å². The van der Waals surface area contributed by atoms with E-state index in [4.69, 9.17) is 4.84 Å². The zero-order valence-electron chi connectivity index (χ0n) is 12.3. The molecule has 0 N–H and O–H groups in total. The van der Waals surface area contributed by atoms with Crippen molar-refractivity contribution in [3.63, 3.8) is 0 Å². The molecule has 0 bridgehead atoms. The van der Waals surface area contributed by atoms with E-state index < -0.39 is 0 Å². The first kappa shape index (κ1) is 17.8. The number of nitrogens with zero attached hydrogens (tertiary/aromatic N) is 1. The van der Waals surface area contributed by atoms with Crippen molar-refractivity contribution in [1.29, 1.82) is 0 Å². The minimum Gasteiger partial charge on any atom is -0.272 e. The summed E-state index contributed by atoms with van der Waals surface area (Å²) in [5.74, 6) is -0.641. The number of carbonyl (C=O) groups excluding carboxylic acids is 2. The Labute approximate surface area is 116 Å². The Morgan fingerprint density at radius 1 is 1.11 bits per heavy atom. The van der Waals surface area contributed by atoms with Crippen LogP contribution in [0.4, 0.5) is 0 Å². The third-order valence-electron chi connectivity index (χ3n) is 2.83. The summed E-state index contributed by atoms with van der Waals surface area (Å²) in [6.07, 6.45) is 9.90. The van der Waals surface area contributed by atoms with Crippen LogP contribution in [0.25, 0.3) is 0 Å². The van der Waals surface area contributed by atoms with E-state index >= 15 is 0 Å². The summed E-state index contributed by atoms with van der Waals surface area (Å²) < 4.78 is 0. The molecule has 0 aliphatic rings. The third kappa shape index (κ3) is 9.42. The van der Waals surface area contributed by atoms with Crippen LogP contribution < -0.4 is 0 Å². The van der Waals surface area contributed by atoms with Crippen molar-refractivity contribution < 1.29 is 14.4 Å². The molecule has 0 saturated carbocycles. The number of imide groups is 1. The third-order valence-corrected chi connectivity index (χ3v) is 2.83. The van der Waals surface area contributed by atoms with E-state index in [1.807, 2.05) is 0 Å². The predicted molar refractivity (Wildman–Crippen MR) is 76.3 cm³/mol. The molecule has 19 heavy (non-hydrogen) atoms. The van der Waals surface area contributed by atoms with Crippen LogP contribution >= 0.6 is 0 Å². The molecule has 0 radical (unpaired) electrons. The number of unbranched alkanes of at least 4 members (excludes halogenated alkanes) is 6. The molecule has 0 fully saturated rings. The van der Waals surface area contributed by atoms with Crippen LogP contribution in [0.5, 0.6) is 0 Å². The fourth-order valence-electron chi connectivity index (χ4n) is 1.80. The van der Waals surface area contributed by atoms with Gasteiger partial charge < -0.3 is 0 Å². The lowest BCUT2D eigenvalue weighted by Gasteiger charge is -2.17. The second-order valence-electron chi connectivity index (χ2n) is 4.66. The van der Waals surface area contributed by atoms with Crippen molar-refractivity contribution in [3.05, 3.63) is 12.7 Å². The SMILES string of the molecule is C=CCON(C(C)=O)C(=O)CCCCCCCCC. The first-order chi connectivity index (χ1) is 9.13. The standard InChI is InChI=1S/C15H27NO3/c1-4-6-7-8-9-10-11-12-15(18)16(14(3)17)19-13-5-2/h5H,2,4,6-13H2,1,3H3. The van der Waals surface area contributed by atoms with Gasteiger partial charge in [0.2, 0.25) is 5.91 Å². The molecule has 110 valence electrons. The summed E-state index contributed by atoms with van der Waals surface area (Å²) in [4.78, 5) is 28.1. The van der Waals surface area contributed by atoms with Gasteiger partial charge in [-0.05, 0) is 6.42 Å². The zero-order valence-corrected chi connectivity index (χ0v) is 12.3. The Morgan fingerprint density at radius 2 is 1.68 bits per heavy atom. The number of hydrogen-bond acceptors (Lipinski definition) is 3. The maximum Gasteiger partial charge on any atom is 0.253 e. The quantitative estimate of drug-likeness (QED) is 0.327. The van der Waals surface area contributed by atoms with Gasteiger partial charge in [0, 0.05) is 13.3 Å². The first-order valence-electron chi connectivity index (χ1n) is 7.20. The van der Waals surface area contributed by atoms with E-state index in [2.05, 4.69) is 13.5 Å².